The van der Waals surface area contributed by atoms with E-state index in [2.05, 4.69) is 12.1 Å². The first-order valence-electron chi connectivity index (χ1n) is 6.86. The summed E-state index contributed by atoms with van der Waals surface area (Å²) in [6.07, 6.45) is 3.22. The lowest BCUT2D eigenvalue weighted by Crippen LogP contribution is -2.03. The van der Waals surface area contributed by atoms with Gasteiger partial charge in [-0.15, -0.1) is 0 Å². The third-order valence-electron chi connectivity index (χ3n) is 3.86. The van der Waals surface area contributed by atoms with Gasteiger partial charge in [-0.1, -0.05) is 29.8 Å². The monoisotopic (exact) mass is 290 g/mol. The highest BCUT2D eigenvalue weighted by molar-refractivity contribution is 6.30. The molecule has 1 aliphatic rings. The second-order valence-corrected chi connectivity index (χ2v) is 5.82. The Balaban J connectivity index is 1.80. The van der Waals surface area contributed by atoms with Crippen molar-refractivity contribution < 1.29 is 9.50 Å². The number of aliphatic hydroxyl groups is 1. The minimum absolute atomic E-state index is 0.313. The topological polar surface area (TPSA) is 20.2 Å². The summed E-state index contributed by atoms with van der Waals surface area (Å²) in [5, 5.41) is 10.6. The first kappa shape index (κ1) is 13.6. The molecule has 0 radical (unpaired) electrons. The Kier molecular flexibility index (Phi) is 3.77. The Labute approximate surface area is 123 Å². The van der Waals surface area contributed by atoms with Crippen LogP contribution < -0.4 is 0 Å². The molecule has 1 atom stereocenters. The van der Waals surface area contributed by atoms with Gasteiger partial charge in [-0.2, -0.15) is 0 Å². The highest BCUT2D eigenvalue weighted by Crippen LogP contribution is 2.26. The van der Waals surface area contributed by atoms with E-state index in [-0.39, 0.29) is 0 Å². The highest BCUT2D eigenvalue weighted by atomic mass is 35.5. The number of benzene rings is 2. The van der Waals surface area contributed by atoms with E-state index in [1.165, 1.54) is 29.7 Å². The van der Waals surface area contributed by atoms with Crippen LogP contribution in [0.4, 0.5) is 4.39 Å². The van der Waals surface area contributed by atoms with Crippen LogP contribution in [0.2, 0.25) is 5.02 Å². The molecule has 0 amide bonds. The molecule has 1 unspecified atom stereocenters. The zero-order valence-corrected chi connectivity index (χ0v) is 11.8. The van der Waals surface area contributed by atoms with Gasteiger partial charge >= 0.3 is 0 Å². The Morgan fingerprint density at radius 1 is 1.10 bits per heavy atom. The molecule has 104 valence electrons. The molecule has 0 heterocycles. The maximum Gasteiger partial charge on any atom is 0.125 e. The number of hydrogen-bond donors (Lipinski definition) is 1. The SMILES string of the molecule is OC(Cc1ccc2c(c1)CCC2)c1cc(F)cc(Cl)c1. The molecule has 0 aliphatic heterocycles. The summed E-state index contributed by atoms with van der Waals surface area (Å²) in [6, 6.07) is 10.5. The van der Waals surface area contributed by atoms with Crippen molar-refractivity contribution in [2.45, 2.75) is 31.8 Å². The summed E-state index contributed by atoms with van der Waals surface area (Å²) >= 11 is 5.82. The normalized spacial score (nSPS) is 15.2. The van der Waals surface area contributed by atoms with Crippen LogP contribution in [0, 0.1) is 5.82 Å². The minimum Gasteiger partial charge on any atom is -0.388 e. The molecule has 1 aliphatic carbocycles. The van der Waals surface area contributed by atoms with Gasteiger partial charge in [0.1, 0.15) is 5.82 Å². The van der Waals surface area contributed by atoms with Gasteiger partial charge in [-0.3, -0.25) is 0 Å². The second kappa shape index (κ2) is 5.55. The molecule has 0 bridgehead atoms. The van der Waals surface area contributed by atoms with Crippen molar-refractivity contribution >= 4 is 11.6 Å². The molecule has 1 N–H and O–H groups in total. The second-order valence-electron chi connectivity index (χ2n) is 5.38. The predicted molar refractivity (Wildman–Crippen MR) is 78.5 cm³/mol. The third-order valence-corrected chi connectivity index (χ3v) is 4.08. The van der Waals surface area contributed by atoms with Crippen LogP contribution in [0.25, 0.3) is 0 Å². The summed E-state index contributed by atoms with van der Waals surface area (Å²) in [5.41, 5.74) is 4.40. The number of hydrogen-bond acceptors (Lipinski definition) is 1. The van der Waals surface area contributed by atoms with Gasteiger partial charge in [0.15, 0.2) is 0 Å². The first-order chi connectivity index (χ1) is 9.61. The number of fused-ring (bicyclic) bond motifs is 1. The first-order valence-corrected chi connectivity index (χ1v) is 7.24. The summed E-state index contributed by atoms with van der Waals surface area (Å²) < 4.78 is 13.3. The molecule has 0 fully saturated rings. The van der Waals surface area contributed by atoms with E-state index in [9.17, 15) is 9.50 Å². The Morgan fingerprint density at radius 2 is 1.90 bits per heavy atom. The van der Waals surface area contributed by atoms with Crippen molar-refractivity contribution in [2.75, 3.05) is 0 Å². The molecule has 0 aromatic heterocycles. The highest BCUT2D eigenvalue weighted by Gasteiger charge is 2.14. The molecular weight excluding hydrogens is 275 g/mol. The van der Waals surface area contributed by atoms with Crippen molar-refractivity contribution in [2.24, 2.45) is 0 Å². The maximum absolute atomic E-state index is 13.3. The van der Waals surface area contributed by atoms with E-state index < -0.39 is 11.9 Å². The molecule has 2 aromatic carbocycles. The minimum atomic E-state index is -0.734. The van der Waals surface area contributed by atoms with Gasteiger partial charge in [0.2, 0.25) is 0 Å². The largest absolute Gasteiger partial charge is 0.388 e. The van der Waals surface area contributed by atoms with Crippen LogP contribution in [0.3, 0.4) is 0 Å². The van der Waals surface area contributed by atoms with E-state index >= 15 is 0 Å². The molecule has 1 nitrogen and oxygen atoms in total. The Bertz CT molecular complexity index is 619. The predicted octanol–water partition coefficient (Wildman–Crippen LogP) is 4.24. The average Bonchev–Trinajstić information content (AvgIpc) is 2.85. The molecule has 20 heavy (non-hydrogen) atoms. The summed E-state index contributed by atoms with van der Waals surface area (Å²) in [5.74, 6) is -0.416. The van der Waals surface area contributed by atoms with Crippen molar-refractivity contribution in [3.63, 3.8) is 0 Å². The summed E-state index contributed by atoms with van der Waals surface area (Å²) in [4.78, 5) is 0. The van der Waals surface area contributed by atoms with Gasteiger partial charge in [0.25, 0.3) is 0 Å². The van der Waals surface area contributed by atoms with E-state index in [0.29, 0.717) is 17.0 Å². The molecule has 0 spiro atoms. The smallest absolute Gasteiger partial charge is 0.125 e. The van der Waals surface area contributed by atoms with Gasteiger partial charge in [-0.05, 0) is 59.7 Å². The number of aliphatic hydroxyl groups excluding tert-OH is 1. The third kappa shape index (κ3) is 2.87. The van der Waals surface area contributed by atoms with Gasteiger partial charge in [-0.25, -0.2) is 4.39 Å². The van der Waals surface area contributed by atoms with Crippen LogP contribution in [0.15, 0.2) is 36.4 Å². The van der Waals surface area contributed by atoms with Gasteiger partial charge in [0, 0.05) is 11.4 Å². The van der Waals surface area contributed by atoms with Crippen LogP contribution in [0.1, 0.15) is 34.8 Å². The van der Waals surface area contributed by atoms with Crippen LogP contribution in [-0.4, -0.2) is 5.11 Å². The maximum atomic E-state index is 13.3. The Morgan fingerprint density at radius 3 is 2.70 bits per heavy atom. The van der Waals surface area contributed by atoms with Crippen molar-refractivity contribution in [3.05, 3.63) is 69.5 Å². The zero-order chi connectivity index (χ0) is 14.1. The molecule has 0 saturated carbocycles. The van der Waals surface area contributed by atoms with Gasteiger partial charge < -0.3 is 5.11 Å². The fraction of sp³-hybridized carbons (Fsp3) is 0.294. The summed E-state index contributed by atoms with van der Waals surface area (Å²) in [6.45, 7) is 0. The number of aryl methyl sites for hydroxylation is 2. The van der Waals surface area contributed by atoms with E-state index in [1.54, 1.807) is 6.07 Å². The molecule has 2 aromatic rings. The molecular formula is C17H16ClFO. The number of halogens is 2. The van der Waals surface area contributed by atoms with Crippen molar-refractivity contribution in [1.82, 2.24) is 0 Å². The lowest BCUT2D eigenvalue weighted by molar-refractivity contribution is 0.178. The molecule has 3 rings (SSSR count). The van der Waals surface area contributed by atoms with E-state index in [4.69, 9.17) is 11.6 Å². The lowest BCUT2D eigenvalue weighted by atomic mass is 9.98. The van der Waals surface area contributed by atoms with Crippen LogP contribution in [-0.2, 0) is 19.3 Å². The standard InChI is InChI=1S/C17H16ClFO/c18-15-8-14(9-16(19)10-15)17(20)7-11-4-5-12-2-1-3-13(12)6-11/h4-6,8-10,17,20H,1-3,7H2. The van der Waals surface area contributed by atoms with Crippen molar-refractivity contribution in [3.8, 4) is 0 Å². The summed E-state index contributed by atoms with van der Waals surface area (Å²) in [7, 11) is 0. The molecule has 0 saturated heterocycles. The zero-order valence-electron chi connectivity index (χ0n) is 11.1. The van der Waals surface area contributed by atoms with Crippen LogP contribution in [0.5, 0.6) is 0 Å². The fourth-order valence-corrected chi connectivity index (χ4v) is 3.09. The van der Waals surface area contributed by atoms with Crippen LogP contribution >= 0.6 is 11.6 Å². The molecule has 3 heteroatoms. The number of rotatable bonds is 3. The quantitative estimate of drug-likeness (QED) is 0.896. The lowest BCUT2D eigenvalue weighted by Gasteiger charge is -2.13. The van der Waals surface area contributed by atoms with Gasteiger partial charge in [0.05, 0.1) is 6.10 Å². The van der Waals surface area contributed by atoms with Crippen molar-refractivity contribution in [1.29, 1.82) is 0 Å². The Hall–Kier alpha value is -1.38. The fourth-order valence-electron chi connectivity index (χ4n) is 2.86. The van der Waals surface area contributed by atoms with E-state index in [1.807, 2.05) is 6.07 Å². The average molecular weight is 291 g/mol. The van der Waals surface area contributed by atoms with E-state index in [0.717, 1.165) is 18.4 Å².